The first-order valence-electron chi connectivity index (χ1n) is 10.7. The zero-order chi connectivity index (χ0) is 19.2. The molecular weight excluding hydrogens is 346 g/mol. The van der Waals surface area contributed by atoms with Gasteiger partial charge < -0.3 is 10.1 Å². The molecule has 4 aliphatic carbocycles. The summed E-state index contributed by atoms with van der Waals surface area (Å²) >= 11 is 0. The highest BCUT2D eigenvalue weighted by Gasteiger charge is 2.60. The molecule has 0 aliphatic heterocycles. The molecule has 3 heteroatoms. The van der Waals surface area contributed by atoms with E-state index in [2.05, 4.69) is 35.6 Å². The standard InChI is InChI=1S/C25H29NO2/c1-2-28-22-10-8-21(9-11-22)26-23(27)25-15-18-12-19(16-25)14-24(13-18,17-25)20-6-4-3-5-7-20/h3-11,18-19H,2,12-17H2,1H3,(H,26,27)/t18-,19-,24?,25?/m1/s1. The maximum Gasteiger partial charge on any atom is 0.230 e. The number of anilines is 1. The predicted molar refractivity (Wildman–Crippen MR) is 111 cm³/mol. The molecule has 0 heterocycles. The van der Waals surface area contributed by atoms with Crippen molar-refractivity contribution in [1.82, 2.24) is 0 Å². The quantitative estimate of drug-likeness (QED) is 0.743. The van der Waals surface area contributed by atoms with Crippen LogP contribution in [0.25, 0.3) is 0 Å². The van der Waals surface area contributed by atoms with Gasteiger partial charge in [-0.05, 0) is 92.5 Å². The van der Waals surface area contributed by atoms with Crippen molar-refractivity contribution < 1.29 is 9.53 Å². The van der Waals surface area contributed by atoms with Gasteiger partial charge in [-0.1, -0.05) is 30.3 Å². The topological polar surface area (TPSA) is 38.3 Å². The van der Waals surface area contributed by atoms with Crippen LogP contribution in [0.2, 0.25) is 0 Å². The van der Waals surface area contributed by atoms with Crippen LogP contribution in [-0.2, 0) is 10.2 Å². The second-order valence-corrected chi connectivity index (χ2v) is 9.30. The predicted octanol–water partition coefficient (Wildman–Crippen LogP) is 5.56. The van der Waals surface area contributed by atoms with Crippen molar-refractivity contribution in [3.05, 3.63) is 60.2 Å². The van der Waals surface area contributed by atoms with Crippen molar-refractivity contribution in [2.45, 2.75) is 50.9 Å². The molecule has 0 saturated heterocycles. The summed E-state index contributed by atoms with van der Waals surface area (Å²) in [6.07, 6.45) is 6.94. The number of hydrogen-bond donors (Lipinski definition) is 1. The first kappa shape index (κ1) is 17.8. The van der Waals surface area contributed by atoms with Gasteiger partial charge in [0.2, 0.25) is 5.91 Å². The Morgan fingerprint density at radius 3 is 2.32 bits per heavy atom. The van der Waals surface area contributed by atoms with Crippen molar-refractivity contribution in [3.8, 4) is 5.75 Å². The van der Waals surface area contributed by atoms with E-state index in [1.54, 1.807) is 0 Å². The Morgan fingerprint density at radius 2 is 1.68 bits per heavy atom. The fourth-order valence-corrected chi connectivity index (χ4v) is 6.72. The number of benzene rings is 2. The molecule has 2 aromatic carbocycles. The molecule has 0 spiro atoms. The number of carbonyl (C=O) groups is 1. The summed E-state index contributed by atoms with van der Waals surface area (Å²) in [6.45, 7) is 2.63. The molecule has 4 aliphatic rings. The Labute approximate surface area is 167 Å². The van der Waals surface area contributed by atoms with Gasteiger partial charge in [0.25, 0.3) is 0 Å². The first-order chi connectivity index (χ1) is 13.6. The van der Waals surface area contributed by atoms with Crippen LogP contribution in [0, 0.1) is 17.3 Å². The number of nitrogens with one attached hydrogen (secondary N) is 1. The van der Waals surface area contributed by atoms with E-state index in [9.17, 15) is 4.79 Å². The van der Waals surface area contributed by atoms with Crippen LogP contribution in [0.3, 0.4) is 0 Å². The zero-order valence-electron chi connectivity index (χ0n) is 16.6. The van der Waals surface area contributed by atoms with Gasteiger partial charge in [-0.2, -0.15) is 0 Å². The van der Waals surface area contributed by atoms with Crippen LogP contribution in [-0.4, -0.2) is 12.5 Å². The van der Waals surface area contributed by atoms with Crippen molar-refractivity contribution in [3.63, 3.8) is 0 Å². The van der Waals surface area contributed by atoms with Gasteiger partial charge in [0.1, 0.15) is 5.75 Å². The van der Waals surface area contributed by atoms with E-state index >= 15 is 0 Å². The van der Waals surface area contributed by atoms with Crippen LogP contribution < -0.4 is 10.1 Å². The maximum absolute atomic E-state index is 13.5. The molecule has 3 nitrogen and oxygen atoms in total. The minimum absolute atomic E-state index is 0.196. The minimum Gasteiger partial charge on any atom is -0.494 e. The number of ether oxygens (including phenoxy) is 1. The van der Waals surface area contributed by atoms with Crippen molar-refractivity contribution in [1.29, 1.82) is 0 Å². The molecular formula is C25H29NO2. The largest absolute Gasteiger partial charge is 0.494 e. The van der Waals surface area contributed by atoms with Crippen LogP contribution in [0.4, 0.5) is 5.69 Å². The third-order valence-corrected chi connectivity index (χ3v) is 7.35. The second kappa shape index (κ2) is 6.65. The highest BCUT2D eigenvalue weighted by molar-refractivity contribution is 5.96. The molecule has 4 fully saturated rings. The molecule has 1 amide bonds. The Kier molecular flexibility index (Phi) is 4.22. The summed E-state index contributed by atoms with van der Waals surface area (Å²) in [5.41, 5.74) is 2.31. The number of hydrogen-bond acceptors (Lipinski definition) is 2. The van der Waals surface area contributed by atoms with Crippen LogP contribution in [0.15, 0.2) is 54.6 Å². The highest BCUT2D eigenvalue weighted by atomic mass is 16.5. The van der Waals surface area contributed by atoms with E-state index < -0.39 is 0 Å². The maximum atomic E-state index is 13.5. The lowest BCUT2D eigenvalue weighted by molar-refractivity contribution is -0.143. The molecule has 2 atom stereocenters. The molecule has 0 radical (unpaired) electrons. The van der Waals surface area contributed by atoms with Crippen molar-refractivity contribution >= 4 is 11.6 Å². The third-order valence-electron chi connectivity index (χ3n) is 7.35. The summed E-state index contributed by atoms with van der Waals surface area (Å²) in [5.74, 6) is 2.45. The first-order valence-corrected chi connectivity index (χ1v) is 10.7. The molecule has 1 N–H and O–H groups in total. The lowest BCUT2D eigenvalue weighted by Crippen LogP contribution is -2.57. The van der Waals surface area contributed by atoms with Gasteiger partial charge in [-0.25, -0.2) is 0 Å². The van der Waals surface area contributed by atoms with Gasteiger partial charge in [-0.15, -0.1) is 0 Å². The molecule has 146 valence electrons. The molecule has 4 bridgehead atoms. The monoisotopic (exact) mass is 375 g/mol. The molecule has 28 heavy (non-hydrogen) atoms. The van der Waals surface area contributed by atoms with Gasteiger partial charge in [0.15, 0.2) is 0 Å². The van der Waals surface area contributed by atoms with Crippen LogP contribution in [0.5, 0.6) is 5.75 Å². The molecule has 6 rings (SSSR count). The summed E-state index contributed by atoms with van der Waals surface area (Å²) in [4.78, 5) is 13.5. The van der Waals surface area contributed by atoms with Crippen molar-refractivity contribution in [2.24, 2.45) is 17.3 Å². The molecule has 2 aromatic rings. The van der Waals surface area contributed by atoms with Crippen LogP contribution >= 0.6 is 0 Å². The zero-order valence-corrected chi connectivity index (χ0v) is 16.6. The van der Waals surface area contributed by atoms with E-state index in [0.717, 1.165) is 30.7 Å². The average molecular weight is 376 g/mol. The lowest BCUT2D eigenvalue weighted by atomic mass is 9.42. The van der Waals surface area contributed by atoms with E-state index in [0.29, 0.717) is 18.4 Å². The summed E-state index contributed by atoms with van der Waals surface area (Å²) in [6, 6.07) is 18.7. The molecule has 0 aromatic heterocycles. The number of carbonyl (C=O) groups excluding carboxylic acids is 1. The van der Waals surface area contributed by atoms with E-state index in [4.69, 9.17) is 4.74 Å². The molecule has 4 saturated carbocycles. The Hall–Kier alpha value is -2.29. The van der Waals surface area contributed by atoms with E-state index in [1.807, 2.05) is 31.2 Å². The van der Waals surface area contributed by atoms with E-state index in [1.165, 1.54) is 24.8 Å². The fraction of sp³-hybridized carbons (Fsp3) is 0.480. The minimum atomic E-state index is -0.210. The third kappa shape index (κ3) is 2.92. The summed E-state index contributed by atoms with van der Waals surface area (Å²) < 4.78 is 5.52. The Morgan fingerprint density at radius 1 is 1.00 bits per heavy atom. The van der Waals surface area contributed by atoms with Crippen LogP contribution in [0.1, 0.15) is 51.0 Å². The molecule has 0 unspecified atom stereocenters. The lowest BCUT2D eigenvalue weighted by Gasteiger charge is -2.61. The summed E-state index contributed by atoms with van der Waals surface area (Å²) in [5, 5.41) is 3.24. The number of rotatable bonds is 5. The van der Waals surface area contributed by atoms with Gasteiger partial charge in [0, 0.05) is 5.69 Å². The smallest absolute Gasteiger partial charge is 0.230 e. The van der Waals surface area contributed by atoms with E-state index in [-0.39, 0.29) is 16.7 Å². The van der Waals surface area contributed by atoms with Crippen molar-refractivity contribution in [2.75, 3.05) is 11.9 Å². The number of amides is 1. The summed E-state index contributed by atoms with van der Waals surface area (Å²) in [7, 11) is 0. The van der Waals surface area contributed by atoms with Gasteiger partial charge >= 0.3 is 0 Å². The normalized spacial score (nSPS) is 32.9. The van der Waals surface area contributed by atoms with Gasteiger partial charge in [-0.3, -0.25) is 4.79 Å². The fourth-order valence-electron chi connectivity index (χ4n) is 6.72. The second-order valence-electron chi connectivity index (χ2n) is 9.30. The highest BCUT2D eigenvalue weighted by Crippen LogP contribution is 2.65. The SMILES string of the molecule is CCOc1ccc(NC(=O)C23C[C@@H]4C[C@@H](C2)CC(c2ccccc2)(C4)C3)cc1. The average Bonchev–Trinajstić information content (AvgIpc) is 2.69. The Balaban J connectivity index is 1.40. The van der Waals surface area contributed by atoms with Gasteiger partial charge in [0.05, 0.1) is 12.0 Å². The Bertz CT molecular complexity index is 844.